The third-order valence-corrected chi connectivity index (χ3v) is 3.57. The molecule has 1 saturated heterocycles. The van der Waals surface area contributed by atoms with E-state index in [-0.39, 0.29) is 19.1 Å². The van der Waals surface area contributed by atoms with Gasteiger partial charge in [-0.1, -0.05) is 24.3 Å². The van der Waals surface area contributed by atoms with Crippen molar-refractivity contribution in [3.63, 3.8) is 0 Å². The zero-order valence-electron chi connectivity index (χ0n) is 11.2. The second kappa shape index (κ2) is 5.49. The Labute approximate surface area is 121 Å². The van der Waals surface area contributed by atoms with Gasteiger partial charge >= 0.3 is 5.97 Å². The fraction of sp³-hybridized carbons (Fsp3) is 0.267. The molecule has 1 unspecified atom stereocenters. The highest BCUT2D eigenvalue weighted by Crippen LogP contribution is 2.20. The quantitative estimate of drug-likeness (QED) is 0.896. The summed E-state index contributed by atoms with van der Waals surface area (Å²) in [6.07, 6.45) is 3.17. The van der Waals surface area contributed by atoms with Crippen LogP contribution in [0, 0.1) is 0 Å². The van der Waals surface area contributed by atoms with E-state index in [1.165, 1.54) is 11.1 Å². The number of rotatable bonds is 2. The van der Waals surface area contributed by atoms with Crippen LogP contribution in [0.2, 0.25) is 0 Å². The number of ether oxygens (including phenoxy) is 1. The summed E-state index contributed by atoms with van der Waals surface area (Å²) in [5.41, 5.74) is 0.418. The molecule has 0 radical (unpaired) electrons. The van der Waals surface area contributed by atoms with Crippen LogP contribution in [0.1, 0.15) is 10.4 Å². The molecule has 0 spiro atoms. The number of hydrogen-bond acceptors (Lipinski definition) is 4. The predicted molar refractivity (Wildman–Crippen MR) is 75.0 cm³/mol. The molecule has 2 heterocycles. The van der Waals surface area contributed by atoms with Crippen LogP contribution in [0.3, 0.4) is 0 Å². The zero-order chi connectivity index (χ0) is 14.8. The molecule has 1 aromatic heterocycles. The van der Waals surface area contributed by atoms with E-state index >= 15 is 0 Å². The third kappa shape index (κ3) is 2.45. The number of carboxylic acids is 1. The summed E-state index contributed by atoms with van der Waals surface area (Å²) >= 11 is 0. The van der Waals surface area contributed by atoms with Gasteiger partial charge in [-0.2, -0.15) is 0 Å². The minimum atomic E-state index is -1.06. The Kier molecular flexibility index (Phi) is 3.53. The summed E-state index contributed by atoms with van der Waals surface area (Å²) in [5.74, 6) is -1.38. The van der Waals surface area contributed by atoms with Crippen molar-refractivity contribution in [2.45, 2.75) is 6.04 Å². The highest BCUT2D eigenvalue weighted by molar-refractivity contribution is 6.07. The summed E-state index contributed by atoms with van der Waals surface area (Å²) in [6.45, 7) is 0.617. The van der Waals surface area contributed by atoms with Crippen LogP contribution >= 0.6 is 0 Å². The lowest BCUT2D eigenvalue weighted by Crippen LogP contribution is -2.52. The van der Waals surface area contributed by atoms with Gasteiger partial charge in [0.15, 0.2) is 6.04 Å². The smallest absolute Gasteiger partial charge is 0.328 e. The number of carboxylic acid groups (broad SMARTS) is 1. The first-order chi connectivity index (χ1) is 10.2. The summed E-state index contributed by atoms with van der Waals surface area (Å²) in [7, 11) is 0. The molecule has 0 aliphatic carbocycles. The minimum Gasteiger partial charge on any atom is -0.480 e. The number of carbonyl (C=O) groups is 2. The van der Waals surface area contributed by atoms with Crippen molar-refractivity contribution in [2.75, 3.05) is 19.8 Å². The van der Waals surface area contributed by atoms with E-state index in [1.807, 2.05) is 24.3 Å². The van der Waals surface area contributed by atoms with Crippen molar-refractivity contribution in [3.8, 4) is 0 Å². The maximum atomic E-state index is 12.7. The van der Waals surface area contributed by atoms with Gasteiger partial charge in [-0.3, -0.25) is 9.78 Å². The van der Waals surface area contributed by atoms with Gasteiger partial charge in [0.1, 0.15) is 0 Å². The number of morpholine rings is 1. The van der Waals surface area contributed by atoms with Crippen LogP contribution in [0.4, 0.5) is 0 Å². The molecule has 1 aliphatic heterocycles. The maximum Gasteiger partial charge on any atom is 0.328 e. The predicted octanol–water partition coefficient (Wildman–Crippen LogP) is 1.16. The molecule has 1 amide bonds. The first-order valence-electron chi connectivity index (χ1n) is 6.63. The number of benzene rings is 1. The van der Waals surface area contributed by atoms with Gasteiger partial charge in [-0.25, -0.2) is 4.79 Å². The number of nitrogens with zero attached hydrogens (tertiary/aromatic N) is 2. The summed E-state index contributed by atoms with van der Waals surface area (Å²) in [6, 6.07) is 6.46. The molecule has 3 rings (SSSR count). The second-order valence-electron chi connectivity index (χ2n) is 4.84. The molecule has 21 heavy (non-hydrogen) atoms. The van der Waals surface area contributed by atoms with Gasteiger partial charge in [0, 0.05) is 24.3 Å². The lowest BCUT2D eigenvalue weighted by atomic mass is 10.1. The molecule has 1 aliphatic rings. The topological polar surface area (TPSA) is 79.7 Å². The van der Waals surface area contributed by atoms with Crippen LogP contribution in [0.25, 0.3) is 10.8 Å². The van der Waals surface area contributed by atoms with Crippen molar-refractivity contribution in [1.29, 1.82) is 0 Å². The Morgan fingerprint density at radius 1 is 1.29 bits per heavy atom. The molecule has 6 nitrogen and oxygen atoms in total. The zero-order valence-corrected chi connectivity index (χ0v) is 11.2. The Morgan fingerprint density at radius 2 is 2.10 bits per heavy atom. The number of fused-ring (bicyclic) bond motifs is 1. The number of pyridine rings is 1. The molecular formula is C15H14N2O4. The van der Waals surface area contributed by atoms with Crippen LogP contribution in [0.15, 0.2) is 36.7 Å². The Bertz CT molecular complexity index is 696. The number of hydrogen-bond donors (Lipinski definition) is 1. The normalized spacial score (nSPS) is 18.7. The lowest BCUT2D eigenvalue weighted by Gasteiger charge is -2.33. The summed E-state index contributed by atoms with van der Waals surface area (Å²) in [4.78, 5) is 29.4. The fourth-order valence-electron chi connectivity index (χ4n) is 2.49. The highest BCUT2D eigenvalue weighted by Gasteiger charge is 2.33. The number of carbonyl (C=O) groups excluding carboxylic acids is 1. The van der Waals surface area contributed by atoms with Gasteiger partial charge in [-0.15, -0.1) is 0 Å². The van der Waals surface area contributed by atoms with E-state index in [1.54, 1.807) is 6.20 Å². The van der Waals surface area contributed by atoms with E-state index in [0.717, 1.165) is 10.8 Å². The SMILES string of the molecule is O=C(O)C1COCCN1C(=O)c1cncc2ccccc12. The minimum absolute atomic E-state index is 0.0132. The van der Waals surface area contributed by atoms with Crippen LogP contribution < -0.4 is 0 Å². The molecular weight excluding hydrogens is 272 g/mol. The lowest BCUT2D eigenvalue weighted by molar-refractivity contribution is -0.147. The first kappa shape index (κ1) is 13.5. The van der Waals surface area contributed by atoms with Gasteiger partial charge in [0.2, 0.25) is 0 Å². The Morgan fingerprint density at radius 3 is 2.90 bits per heavy atom. The monoisotopic (exact) mass is 286 g/mol. The van der Waals surface area contributed by atoms with Crippen LogP contribution in [0.5, 0.6) is 0 Å². The number of amides is 1. The maximum absolute atomic E-state index is 12.7. The standard InChI is InChI=1S/C15H14N2O4/c18-14(17-5-6-21-9-13(17)15(19)20)12-8-16-7-10-3-1-2-4-11(10)12/h1-4,7-8,13H,5-6,9H2,(H,19,20). The molecule has 1 atom stereocenters. The Balaban J connectivity index is 2.01. The Hall–Kier alpha value is -2.47. The van der Waals surface area contributed by atoms with Gasteiger partial charge in [-0.05, 0) is 5.39 Å². The van der Waals surface area contributed by atoms with E-state index < -0.39 is 12.0 Å². The average Bonchev–Trinajstić information content (AvgIpc) is 2.53. The average molecular weight is 286 g/mol. The molecule has 1 N–H and O–H groups in total. The largest absolute Gasteiger partial charge is 0.480 e. The molecule has 0 saturated carbocycles. The van der Waals surface area contributed by atoms with E-state index in [0.29, 0.717) is 12.2 Å². The number of aromatic nitrogens is 1. The molecule has 2 aromatic rings. The molecule has 6 heteroatoms. The fourth-order valence-corrected chi connectivity index (χ4v) is 2.49. The van der Waals surface area contributed by atoms with Gasteiger partial charge < -0.3 is 14.7 Å². The van der Waals surface area contributed by atoms with Crippen LogP contribution in [-0.2, 0) is 9.53 Å². The van der Waals surface area contributed by atoms with Crippen LogP contribution in [-0.4, -0.2) is 52.7 Å². The van der Waals surface area contributed by atoms with Crippen molar-refractivity contribution < 1.29 is 19.4 Å². The van der Waals surface area contributed by atoms with Crippen molar-refractivity contribution in [1.82, 2.24) is 9.88 Å². The van der Waals surface area contributed by atoms with Gasteiger partial charge in [0.05, 0.1) is 18.8 Å². The molecule has 1 aromatic carbocycles. The summed E-state index contributed by atoms with van der Waals surface area (Å²) in [5, 5.41) is 10.9. The molecule has 108 valence electrons. The van der Waals surface area contributed by atoms with Gasteiger partial charge in [0.25, 0.3) is 5.91 Å². The van der Waals surface area contributed by atoms with E-state index in [9.17, 15) is 14.7 Å². The number of aliphatic carboxylic acids is 1. The third-order valence-electron chi connectivity index (χ3n) is 3.57. The van der Waals surface area contributed by atoms with E-state index in [2.05, 4.69) is 4.98 Å². The molecule has 0 bridgehead atoms. The molecule has 1 fully saturated rings. The van der Waals surface area contributed by atoms with E-state index in [4.69, 9.17) is 4.74 Å². The first-order valence-corrected chi connectivity index (χ1v) is 6.63. The highest BCUT2D eigenvalue weighted by atomic mass is 16.5. The second-order valence-corrected chi connectivity index (χ2v) is 4.84. The van der Waals surface area contributed by atoms with Crippen molar-refractivity contribution >= 4 is 22.6 Å². The van der Waals surface area contributed by atoms with Crippen molar-refractivity contribution in [3.05, 3.63) is 42.2 Å². The van der Waals surface area contributed by atoms with Crippen molar-refractivity contribution in [2.24, 2.45) is 0 Å². The summed E-state index contributed by atoms with van der Waals surface area (Å²) < 4.78 is 5.16.